The Morgan fingerprint density at radius 1 is 1.35 bits per heavy atom. The van der Waals surface area contributed by atoms with Gasteiger partial charge in [0.1, 0.15) is 12.7 Å². The van der Waals surface area contributed by atoms with Crippen LogP contribution in [-0.4, -0.2) is 24.6 Å². The molecule has 0 saturated carbocycles. The van der Waals surface area contributed by atoms with E-state index >= 15 is 0 Å². The first-order valence-electron chi connectivity index (χ1n) is 6.00. The molecule has 0 radical (unpaired) electrons. The van der Waals surface area contributed by atoms with Gasteiger partial charge in [-0.05, 0) is 26.0 Å². The minimum absolute atomic E-state index is 0.0773. The number of rotatable bonds is 5. The molecule has 0 aromatic heterocycles. The minimum Gasteiger partial charge on any atom is -0.458 e. The van der Waals surface area contributed by atoms with Crippen molar-refractivity contribution in [3.63, 3.8) is 0 Å². The van der Waals surface area contributed by atoms with Crippen LogP contribution in [0.25, 0.3) is 0 Å². The van der Waals surface area contributed by atoms with E-state index in [9.17, 15) is 9.59 Å². The molecule has 0 heterocycles. The third kappa shape index (κ3) is 4.01. The number of esters is 2. The molecule has 0 aliphatic carbocycles. The summed E-state index contributed by atoms with van der Waals surface area (Å²) in [5, 5.41) is 0. The molecule has 1 aromatic rings. The molecule has 0 fully saturated rings. The fourth-order valence-electron chi connectivity index (χ4n) is 1.35. The van der Waals surface area contributed by atoms with Gasteiger partial charge in [-0.1, -0.05) is 12.6 Å². The molecular formula is C14H18N2O4. The van der Waals surface area contributed by atoms with Crippen LogP contribution in [0.1, 0.15) is 24.2 Å². The van der Waals surface area contributed by atoms with Crippen molar-refractivity contribution >= 4 is 23.3 Å². The first-order chi connectivity index (χ1) is 9.32. The first-order valence-corrected chi connectivity index (χ1v) is 6.00. The number of ether oxygens (including phenoxy) is 2. The van der Waals surface area contributed by atoms with Gasteiger partial charge in [0.25, 0.3) is 0 Å². The second-order valence-corrected chi connectivity index (χ2v) is 4.40. The lowest BCUT2D eigenvalue weighted by Crippen LogP contribution is -2.23. The lowest BCUT2D eigenvalue weighted by molar-refractivity contribution is -0.145. The summed E-state index contributed by atoms with van der Waals surface area (Å²) < 4.78 is 10.0. The summed E-state index contributed by atoms with van der Waals surface area (Å²) in [6.45, 7) is 6.53. The normalized spacial score (nSPS) is 11.5. The third-order valence-corrected chi connectivity index (χ3v) is 2.47. The molecule has 6 nitrogen and oxygen atoms in total. The zero-order valence-corrected chi connectivity index (χ0v) is 11.5. The van der Waals surface area contributed by atoms with Crippen LogP contribution < -0.4 is 11.5 Å². The maximum atomic E-state index is 11.8. The number of nitrogen functional groups attached to an aromatic ring is 2. The Morgan fingerprint density at radius 2 is 2.00 bits per heavy atom. The Kier molecular flexibility index (Phi) is 5.14. The van der Waals surface area contributed by atoms with Gasteiger partial charge in [0.2, 0.25) is 0 Å². The largest absolute Gasteiger partial charge is 0.458 e. The van der Waals surface area contributed by atoms with Crippen molar-refractivity contribution in [1.82, 2.24) is 0 Å². The number of carbonyl (C=O) groups excluding carboxylic acids is 2. The lowest BCUT2D eigenvalue weighted by atomic mass is 10.1. The van der Waals surface area contributed by atoms with Crippen molar-refractivity contribution in [2.45, 2.75) is 20.0 Å². The van der Waals surface area contributed by atoms with E-state index in [1.165, 1.54) is 13.0 Å². The maximum Gasteiger partial charge on any atom is 0.340 e. The summed E-state index contributed by atoms with van der Waals surface area (Å²) in [4.78, 5) is 23.1. The van der Waals surface area contributed by atoms with Gasteiger partial charge >= 0.3 is 11.9 Å². The van der Waals surface area contributed by atoms with Crippen molar-refractivity contribution in [2.75, 3.05) is 18.1 Å². The van der Waals surface area contributed by atoms with Gasteiger partial charge in [0.05, 0.1) is 16.9 Å². The minimum atomic E-state index is -0.618. The van der Waals surface area contributed by atoms with E-state index in [4.69, 9.17) is 20.9 Å². The van der Waals surface area contributed by atoms with Gasteiger partial charge < -0.3 is 20.9 Å². The van der Waals surface area contributed by atoms with E-state index < -0.39 is 18.0 Å². The SMILES string of the molecule is C=C(C)C(=O)OC(C)COC(=O)c1cccc(N)c1N. The van der Waals surface area contributed by atoms with Crippen molar-refractivity contribution in [2.24, 2.45) is 0 Å². The van der Waals surface area contributed by atoms with E-state index in [1.807, 2.05) is 0 Å². The fraction of sp³-hybridized carbons (Fsp3) is 0.286. The van der Waals surface area contributed by atoms with Crippen LogP contribution in [0.3, 0.4) is 0 Å². The van der Waals surface area contributed by atoms with Crippen LogP contribution in [0, 0.1) is 0 Å². The summed E-state index contributed by atoms with van der Waals surface area (Å²) in [5.41, 5.74) is 12.2. The fourth-order valence-corrected chi connectivity index (χ4v) is 1.35. The Bertz CT molecular complexity index is 540. The Morgan fingerprint density at radius 3 is 2.60 bits per heavy atom. The number of para-hydroxylation sites is 1. The molecule has 1 unspecified atom stereocenters. The van der Waals surface area contributed by atoms with E-state index in [0.717, 1.165) is 0 Å². The first kappa shape index (κ1) is 15.6. The van der Waals surface area contributed by atoms with E-state index in [2.05, 4.69) is 6.58 Å². The van der Waals surface area contributed by atoms with Gasteiger partial charge in [-0.15, -0.1) is 0 Å². The van der Waals surface area contributed by atoms with Gasteiger partial charge in [-0.25, -0.2) is 9.59 Å². The van der Waals surface area contributed by atoms with Crippen LogP contribution in [0.2, 0.25) is 0 Å². The van der Waals surface area contributed by atoms with Crippen LogP contribution in [0.4, 0.5) is 11.4 Å². The molecule has 0 aliphatic heterocycles. The highest BCUT2D eigenvalue weighted by atomic mass is 16.6. The smallest absolute Gasteiger partial charge is 0.340 e. The van der Waals surface area contributed by atoms with Crippen molar-refractivity contribution in [3.05, 3.63) is 35.9 Å². The highest BCUT2D eigenvalue weighted by Crippen LogP contribution is 2.20. The van der Waals surface area contributed by atoms with Crippen molar-refractivity contribution in [3.8, 4) is 0 Å². The predicted molar refractivity (Wildman–Crippen MR) is 75.9 cm³/mol. The Balaban J connectivity index is 2.57. The summed E-state index contributed by atoms with van der Waals surface area (Å²) in [6, 6.07) is 4.70. The number of nitrogens with two attached hydrogens (primary N) is 2. The summed E-state index contributed by atoms with van der Waals surface area (Å²) in [7, 11) is 0. The molecule has 0 aliphatic rings. The van der Waals surface area contributed by atoms with E-state index in [1.54, 1.807) is 19.1 Å². The zero-order valence-electron chi connectivity index (χ0n) is 11.5. The Labute approximate surface area is 117 Å². The van der Waals surface area contributed by atoms with Gasteiger partial charge in [-0.2, -0.15) is 0 Å². The van der Waals surface area contributed by atoms with Gasteiger partial charge in [0, 0.05) is 5.57 Å². The molecule has 1 atom stereocenters. The average molecular weight is 278 g/mol. The maximum absolute atomic E-state index is 11.8. The number of benzene rings is 1. The molecule has 6 heteroatoms. The van der Waals surface area contributed by atoms with E-state index in [0.29, 0.717) is 5.69 Å². The molecule has 0 amide bonds. The molecule has 1 aromatic carbocycles. The second kappa shape index (κ2) is 6.60. The highest BCUT2D eigenvalue weighted by molar-refractivity contribution is 5.98. The molecule has 108 valence electrons. The topological polar surface area (TPSA) is 105 Å². The number of carbonyl (C=O) groups is 2. The standard InChI is InChI=1S/C14H18N2O4/c1-8(2)13(17)20-9(3)7-19-14(18)10-5-4-6-11(15)12(10)16/h4-6,9H,1,7,15-16H2,2-3H3. The number of hydrogen-bond acceptors (Lipinski definition) is 6. The summed E-state index contributed by atoms with van der Waals surface area (Å²) in [6.07, 6.45) is -0.578. The highest BCUT2D eigenvalue weighted by Gasteiger charge is 2.16. The number of hydrogen-bond donors (Lipinski definition) is 2. The van der Waals surface area contributed by atoms with Crippen molar-refractivity contribution in [1.29, 1.82) is 0 Å². The van der Waals surface area contributed by atoms with E-state index in [-0.39, 0.29) is 23.4 Å². The summed E-state index contributed by atoms with van der Waals surface area (Å²) in [5.74, 6) is -1.15. The predicted octanol–water partition coefficient (Wildman–Crippen LogP) is 1.52. The van der Waals surface area contributed by atoms with Gasteiger partial charge in [-0.3, -0.25) is 0 Å². The molecule has 0 saturated heterocycles. The average Bonchev–Trinajstić information content (AvgIpc) is 2.39. The van der Waals surface area contributed by atoms with Crippen molar-refractivity contribution < 1.29 is 19.1 Å². The molecule has 1 rings (SSSR count). The second-order valence-electron chi connectivity index (χ2n) is 4.40. The van der Waals surface area contributed by atoms with Crippen LogP contribution >= 0.6 is 0 Å². The monoisotopic (exact) mass is 278 g/mol. The molecule has 0 spiro atoms. The van der Waals surface area contributed by atoms with Crippen LogP contribution in [0.5, 0.6) is 0 Å². The lowest BCUT2D eigenvalue weighted by Gasteiger charge is -2.14. The summed E-state index contributed by atoms with van der Waals surface area (Å²) >= 11 is 0. The third-order valence-electron chi connectivity index (χ3n) is 2.47. The van der Waals surface area contributed by atoms with Gasteiger partial charge in [0.15, 0.2) is 0 Å². The Hall–Kier alpha value is -2.50. The number of anilines is 2. The molecule has 0 bridgehead atoms. The van der Waals surface area contributed by atoms with Crippen LogP contribution in [0.15, 0.2) is 30.4 Å². The molecule has 4 N–H and O–H groups in total. The van der Waals surface area contributed by atoms with Crippen LogP contribution in [-0.2, 0) is 14.3 Å². The zero-order chi connectivity index (χ0) is 15.3. The molecule has 20 heavy (non-hydrogen) atoms. The molecular weight excluding hydrogens is 260 g/mol. The quantitative estimate of drug-likeness (QED) is 0.480.